The number of hydrogen-bond acceptors (Lipinski definition) is 5. The molecule has 5 nitrogen and oxygen atoms in total. The van der Waals surface area contributed by atoms with Gasteiger partial charge in [0.1, 0.15) is 6.61 Å². The van der Waals surface area contributed by atoms with Crippen molar-refractivity contribution < 1.29 is 19.4 Å². The minimum Gasteiger partial charge on any atom is -0.461 e. The average molecular weight is 645 g/mol. The number of aliphatic hydroxyl groups is 1. The molecule has 44 heavy (non-hydrogen) atoms. The van der Waals surface area contributed by atoms with Crippen LogP contribution in [0.5, 0.6) is 0 Å². The zero-order valence-corrected chi connectivity index (χ0v) is 28.1. The first-order valence-electron chi connectivity index (χ1n) is 16.9. The lowest BCUT2D eigenvalue weighted by atomic mass is 9.44. The Bertz CT molecular complexity index is 1210. The lowest BCUT2D eigenvalue weighted by Gasteiger charge is -2.60. The number of carbonyl (C=O) groups is 2. The molecule has 1 aromatic rings. The van der Waals surface area contributed by atoms with Gasteiger partial charge in [-0.05, 0) is 116 Å². The highest BCUT2D eigenvalue weighted by Gasteiger charge is 2.60. The number of carbonyl (C=O) groups excluding carboxylic acids is 2. The molecule has 0 radical (unpaired) electrons. The van der Waals surface area contributed by atoms with Gasteiger partial charge in [0.15, 0.2) is 5.78 Å². The molecule has 4 aliphatic rings. The summed E-state index contributed by atoms with van der Waals surface area (Å²) in [5, 5.41) is 11.0. The van der Waals surface area contributed by atoms with Gasteiger partial charge in [0, 0.05) is 43.4 Å². The van der Waals surface area contributed by atoms with Crippen molar-refractivity contribution in [2.24, 2.45) is 34.5 Å². The number of anilines is 1. The number of fused-ring (bicyclic) bond motifs is 5. The topological polar surface area (TPSA) is 66.8 Å². The van der Waals surface area contributed by atoms with Crippen molar-refractivity contribution >= 4 is 40.6 Å². The number of esters is 1. The highest BCUT2D eigenvalue weighted by atomic mass is 35.5. The van der Waals surface area contributed by atoms with Crippen LogP contribution < -0.4 is 4.90 Å². The Kier molecular flexibility index (Phi) is 11.2. The number of allylic oxidation sites excluding steroid dienone is 2. The summed E-state index contributed by atoms with van der Waals surface area (Å²) in [4.78, 5) is 27.0. The molecule has 0 bridgehead atoms. The number of rotatable bonds is 13. The Morgan fingerprint density at radius 2 is 1.80 bits per heavy atom. The predicted molar refractivity (Wildman–Crippen MR) is 179 cm³/mol. The number of aliphatic hydroxyl groups excluding tert-OH is 1. The summed E-state index contributed by atoms with van der Waals surface area (Å²) in [6, 6.07) is 8.41. The summed E-state index contributed by atoms with van der Waals surface area (Å²) in [6.45, 7) is 6.56. The summed E-state index contributed by atoms with van der Waals surface area (Å²) >= 11 is 11.9. The fraction of sp³-hybridized carbons (Fsp3) is 0.676. The Morgan fingerprint density at radius 3 is 2.52 bits per heavy atom. The van der Waals surface area contributed by atoms with Gasteiger partial charge in [-0.2, -0.15) is 0 Å². The van der Waals surface area contributed by atoms with Crippen LogP contribution in [0.25, 0.3) is 0 Å². The summed E-state index contributed by atoms with van der Waals surface area (Å²) in [7, 11) is 0. The molecule has 3 saturated carbocycles. The molecule has 1 aromatic carbocycles. The van der Waals surface area contributed by atoms with Gasteiger partial charge in [-0.15, -0.1) is 23.2 Å². The second-order valence-electron chi connectivity index (χ2n) is 14.2. The van der Waals surface area contributed by atoms with Crippen LogP contribution in [0.4, 0.5) is 5.69 Å². The Hall–Kier alpha value is -1.82. The third-order valence-corrected chi connectivity index (χ3v) is 12.2. The second-order valence-corrected chi connectivity index (χ2v) is 15.0. The molecular weight excluding hydrogens is 593 g/mol. The minimum atomic E-state index is -0.200. The van der Waals surface area contributed by atoms with Crippen LogP contribution in [0.15, 0.2) is 48.1 Å². The first-order valence-corrected chi connectivity index (χ1v) is 17.9. The number of nitrogens with zero attached hydrogens (tertiary/aromatic N) is 1. The van der Waals surface area contributed by atoms with E-state index >= 15 is 0 Å². The standard InChI is InChI=1S/C37H51Cl2NO4/c1-36-17-15-30(41)25-28(36)24-27(35-31-13-14-33(42)37(31,2)18-16-32(35)36)7-3-4-23-44-34(43)8-5-6-26-9-11-29(12-10-26)40(21-19-38)22-20-39/h3-4,9-12,25,27,31-33,35,42H,5-8,13-24H2,1-2H3/b4-3+/t27-,31?,32?,33-,35?,36-,37-/m0/s1. The van der Waals surface area contributed by atoms with Crippen molar-refractivity contribution in [1.29, 1.82) is 0 Å². The molecule has 0 saturated heterocycles. The zero-order valence-electron chi connectivity index (χ0n) is 26.6. The molecule has 1 N–H and O–H groups in total. The molecule has 3 unspecified atom stereocenters. The van der Waals surface area contributed by atoms with E-state index in [0.29, 0.717) is 54.9 Å². The molecule has 7 atom stereocenters. The van der Waals surface area contributed by atoms with Crippen LogP contribution in [0.1, 0.15) is 83.6 Å². The molecule has 7 heteroatoms. The molecule has 0 aromatic heterocycles. The smallest absolute Gasteiger partial charge is 0.306 e. The molecular formula is C37H51Cl2NO4. The van der Waals surface area contributed by atoms with E-state index in [1.165, 1.54) is 11.1 Å². The molecule has 3 fully saturated rings. The van der Waals surface area contributed by atoms with Gasteiger partial charge in [-0.3, -0.25) is 9.59 Å². The SMILES string of the molecule is C[C@]12CCC(=O)C=C1C[C@H](C/C=C/COC(=O)CCCc1ccc(N(CCCl)CCCl)cc1)C1C2CC[C@@]2(C)C1CC[C@@H]2O. The average Bonchev–Trinajstić information content (AvgIpc) is 3.31. The summed E-state index contributed by atoms with van der Waals surface area (Å²) in [5.41, 5.74) is 3.79. The summed E-state index contributed by atoms with van der Waals surface area (Å²) in [5.74, 6) is 3.36. The van der Waals surface area contributed by atoms with Crippen molar-refractivity contribution in [3.05, 3.63) is 53.6 Å². The van der Waals surface area contributed by atoms with Gasteiger partial charge < -0.3 is 14.7 Å². The second kappa shape index (κ2) is 14.7. The van der Waals surface area contributed by atoms with E-state index in [0.717, 1.165) is 76.6 Å². The summed E-state index contributed by atoms with van der Waals surface area (Å²) < 4.78 is 5.55. The van der Waals surface area contributed by atoms with Crippen molar-refractivity contribution in [2.75, 3.05) is 36.4 Å². The molecule has 0 amide bonds. The normalized spacial score (nSPS) is 33.0. The van der Waals surface area contributed by atoms with Gasteiger partial charge in [0.25, 0.3) is 0 Å². The Labute approximate surface area is 274 Å². The van der Waals surface area contributed by atoms with Gasteiger partial charge in [-0.1, -0.05) is 43.7 Å². The fourth-order valence-electron chi connectivity index (χ4n) is 9.35. The first kappa shape index (κ1) is 33.5. The van der Waals surface area contributed by atoms with Crippen LogP contribution in [0.3, 0.4) is 0 Å². The Balaban J connectivity index is 1.11. The van der Waals surface area contributed by atoms with Crippen LogP contribution >= 0.6 is 23.2 Å². The zero-order chi connectivity index (χ0) is 31.3. The van der Waals surface area contributed by atoms with Crippen molar-refractivity contribution in [2.45, 2.75) is 90.6 Å². The highest BCUT2D eigenvalue weighted by molar-refractivity contribution is 6.18. The maximum absolute atomic E-state index is 12.4. The van der Waals surface area contributed by atoms with E-state index in [9.17, 15) is 14.7 Å². The first-order chi connectivity index (χ1) is 21.2. The summed E-state index contributed by atoms with van der Waals surface area (Å²) in [6.07, 6.45) is 15.7. The van der Waals surface area contributed by atoms with E-state index in [1.54, 1.807) is 0 Å². The molecule has 0 spiro atoms. The third kappa shape index (κ3) is 7.10. The van der Waals surface area contributed by atoms with E-state index in [-0.39, 0.29) is 28.7 Å². The predicted octanol–water partition coefficient (Wildman–Crippen LogP) is 7.90. The van der Waals surface area contributed by atoms with E-state index in [2.05, 4.69) is 49.1 Å². The van der Waals surface area contributed by atoms with Gasteiger partial charge in [-0.25, -0.2) is 0 Å². The van der Waals surface area contributed by atoms with Crippen LogP contribution in [-0.4, -0.2) is 54.4 Å². The molecule has 242 valence electrons. The van der Waals surface area contributed by atoms with E-state index < -0.39 is 0 Å². The molecule has 0 heterocycles. The third-order valence-electron chi connectivity index (χ3n) is 11.9. The van der Waals surface area contributed by atoms with E-state index in [1.807, 2.05) is 12.2 Å². The van der Waals surface area contributed by atoms with Crippen molar-refractivity contribution in [1.82, 2.24) is 0 Å². The number of alkyl halides is 2. The number of halogens is 2. The van der Waals surface area contributed by atoms with Gasteiger partial charge >= 0.3 is 5.97 Å². The van der Waals surface area contributed by atoms with Gasteiger partial charge in [0.05, 0.1) is 6.10 Å². The monoisotopic (exact) mass is 643 g/mol. The number of hydrogen-bond donors (Lipinski definition) is 1. The maximum atomic E-state index is 12.4. The van der Waals surface area contributed by atoms with Crippen LogP contribution in [-0.2, 0) is 20.7 Å². The van der Waals surface area contributed by atoms with Crippen molar-refractivity contribution in [3.8, 4) is 0 Å². The number of ether oxygens (including phenoxy) is 1. The lowest BCUT2D eigenvalue weighted by molar-refractivity contribution is -0.142. The minimum absolute atomic E-state index is 0.0115. The van der Waals surface area contributed by atoms with Gasteiger partial charge in [0.2, 0.25) is 0 Å². The van der Waals surface area contributed by atoms with Crippen LogP contribution in [0.2, 0.25) is 0 Å². The number of benzene rings is 1. The molecule has 5 rings (SSSR count). The fourth-order valence-corrected chi connectivity index (χ4v) is 9.76. The quantitative estimate of drug-likeness (QED) is 0.134. The lowest BCUT2D eigenvalue weighted by Crippen LogP contribution is -2.54. The number of aryl methyl sites for hydroxylation is 1. The highest BCUT2D eigenvalue weighted by Crippen LogP contribution is 2.67. The van der Waals surface area contributed by atoms with E-state index in [4.69, 9.17) is 27.9 Å². The van der Waals surface area contributed by atoms with Crippen molar-refractivity contribution in [3.63, 3.8) is 0 Å². The molecule has 4 aliphatic carbocycles. The Morgan fingerprint density at radius 1 is 1.05 bits per heavy atom. The van der Waals surface area contributed by atoms with Crippen LogP contribution in [0, 0.1) is 34.5 Å². The number of ketones is 1. The largest absolute Gasteiger partial charge is 0.461 e. The molecule has 0 aliphatic heterocycles. The maximum Gasteiger partial charge on any atom is 0.306 e.